The molecule has 128 valence electrons. The smallest absolute Gasteiger partial charge is 0.258 e. The molecule has 2 aromatic rings. The van der Waals surface area contributed by atoms with Crippen molar-refractivity contribution in [2.45, 2.75) is 45.6 Å². The van der Waals surface area contributed by atoms with Crippen LogP contribution in [0.5, 0.6) is 11.5 Å². The number of nitrogens with zero attached hydrogens (tertiary/aromatic N) is 3. The second kappa shape index (κ2) is 6.14. The molecule has 0 spiro atoms. The van der Waals surface area contributed by atoms with Crippen LogP contribution in [0.3, 0.4) is 0 Å². The summed E-state index contributed by atoms with van der Waals surface area (Å²) in [5.41, 5.74) is 0.597. The van der Waals surface area contributed by atoms with Crippen molar-refractivity contribution in [3.05, 3.63) is 35.0 Å². The van der Waals surface area contributed by atoms with E-state index in [1.807, 2.05) is 13.8 Å². The number of phenolic OH excluding ortho intramolecular Hbond substituents is 2. The maximum absolute atomic E-state index is 12.8. The topological polar surface area (TPSA) is 99.7 Å². The van der Waals surface area contributed by atoms with Gasteiger partial charge in [0, 0.05) is 12.5 Å². The lowest BCUT2D eigenvalue weighted by molar-refractivity contribution is 0.0724. The molecular formula is C17H21N3O4. The van der Waals surface area contributed by atoms with Crippen molar-refractivity contribution in [1.82, 2.24) is 15.0 Å². The fourth-order valence-electron chi connectivity index (χ4n) is 2.90. The molecule has 0 saturated carbocycles. The molecular weight excluding hydrogens is 310 g/mol. The summed E-state index contributed by atoms with van der Waals surface area (Å²) in [6.07, 6.45) is 1.56. The fourth-order valence-corrected chi connectivity index (χ4v) is 2.90. The Balaban J connectivity index is 1.90. The summed E-state index contributed by atoms with van der Waals surface area (Å²) in [4.78, 5) is 18.8. The Bertz CT molecular complexity index is 769. The molecule has 1 atom stereocenters. The first-order valence-corrected chi connectivity index (χ1v) is 8.06. The van der Waals surface area contributed by atoms with E-state index in [2.05, 4.69) is 10.1 Å². The molecule has 1 aromatic carbocycles. The van der Waals surface area contributed by atoms with E-state index in [0.717, 1.165) is 12.8 Å². The summed E-state index contributed by atoms with van der Waals surface area (Å²) >= 11 is 0. The van der Waals surface area contributed by atoms with E-state index in [9.17, 15) is 15.0 Å². The summed E-state index contributed by atoms with van der Waals surface area (Å²) in [5, 5.41) is 24.0. The summed E-state index contributed by atoms with van der Waals surface area (Å²) in [6, 6.07) is 2.85. The van der Waals surface area contributed by atoms with Crippen molar-refractivity contribution in [2.24, 2.45) is 0 Å². The standard InChI is InChI=1S/C17H21N3O4/c1-9(2)16-18-15(19-24-16)12-5-4-8-20(12)17(23)11-7-6-10(3)13(21)14(11)22/h6-7,9,12,21-22H,4-5,8H2,1-3H3/t12-/m1/s1. The third-order valence-electron chi connectivity index (χ3n) is 4.35. The number of hydrogen-bond donors (Lipinski definition) is 2. The lowest BCUT2D eigenvalue weighted by atomic mass is 10.1. The predicted octanol–water partition coefficient (Wildman–Crippen LogP) is 2.89. The number of phenols is 2. The van der Waals surface area contributed by atoms with Gasteiger partial charge < -0.3 is 19.6 Å². The van der Waals surface area contributed by atoms with Gasteiger partial charge in [-0.2, -0.15) is 4.98 Å². The summed E-state index contributed by atoms with van der Waals surface area (Å²) in [5.74, 6) is 0.150. The molecule has 0 aliphatic carbocycles. The third-order valence-corrected chi connectivity index (χ3v) is 4.35. The molecule has 0 bridgehead atoms. The summed E-state index contributed by atoms with van der Waals surface area (Å²) in [7, 11) is 0. The van der Waals surface area contributed by atoms with E-state index >= 15 is 0 Å². The van der Waals surface area contributed by atoms with Gasteiger partial charge in [-0.15, -0.1) is 0 Å². The molecule has 7 nitrogen and oxygen atoms in total. The number of carbonyl (C=O) groups is 1. The van der Waals surface area contributed by atoms with E-state index in [-0.39, 0.29) is 34.9 Å². The molecule has 1 aromatic heterocycles. The van der Waals surface area contributed by atoms with Crippen LogP contribution in [0, 0.1) is 6.92 Å². The van der Waals surface area contributed by atoms with Gasteiger partial charge in [0.25, 0.3) is 5.91 Å². The van der Waals surface area contributed by atoms with E-state index < -0.39 is 0 Å². The average Bonchev–Trinajstić information content (AvgIpc) is 3.20. The quantitative estimate of drug-likeness (QED) is 0.839. The van der Waals surface area contributed by atoms with Gasteiger partial charge in [-0.3, -0.25) is 4.79 Å². The van der Waals surface area contributed by atoms with Crippen LogP contribution in [0.2, 0.25) is 0 Å². The number of aromatic hydroxyl groups is 2. The van der Waals surface area contributed by atoms with E-state index in [1.54, 1.807) is 17.9 Å². The second-order valence-corrected chi connectivity index (χ2v) is 6.43. The first-order chi connectivity index (χ1) is 11.4. The molecule has 1 amide bonds. The van der Waals surface area contributed by atoms with Gasteiger partial charge in [0.15, 0.2) is 17.3 Å². The van der Waals surface area contributed by atoms with Crippen LogP contribution in [0.15, 0.2) is 16.7 Å². The van der Waals surface area contributed by atoms with Crippen LogP contribution < -0.4 is 0 Å². The molecule has 3 rings (SSSR count). The van der Waals surface area contributed by atoms with Gasteiger partial charge in [0.05, 0.1) is 11.6 Å². The van der Waals surface area contributed by atoms with E-state index in [0.29, 0.717) is 23.8 Å². The van der Waals surface area contributed by atoms with E-state index in [1.165, 1.54) is 6.07 Å². The van der Waals surface area contributed by atoms with Crippen molar-refractivity contribution >= 4 is 5.91 Å². The lowest BCUT2D eigenvalue weighted by Crippen LogP contribution is -2.31. The highest BCUT2D eigenvalue weighted by Crippen LogP contribution is 2.37. The highest BCUT2D eigenvalue weighted by molar-refractivity contribution is 5.98. The monoisotopic (exact) mass is 331 g/mol. The van der Waals surface area contributed by atoms with Gasteiger partial charge in [-0.05, 0) is 31.4 Å². The molecule has 2 N–H and O–H groups in total. The second-order valence-electron chi connectivity index (χ2n) is 6.43. The Morgan fingerprint density at radius 3 is 2.75 bits per heavy atom. The van der Waals surface area contributed by atoms with Crippen molar-refractivity contribution in [2.75, 3.05) is 6.54 Å². The van der Waals surface area contributed by atoms with Crippen molar-refractivity contribution in [3.8, 4) is 11.5 Å². The van der Waals surface area contributed by atoms with Gasteiger partial charge in [-0.25, -0.2) is 0 Å². The number of aromatic nitrogens is 2. The minimum Gasteiger partial charge on any atom is -0.504 e. The third kappa shape index (κ3) is 2.70. The van der Waals surface area contributed by atoms with Crippen molar-refractivity contribution < 1.29 is 19.5 Å². The fraction of sp³-hybridized carbons (Fsp3) is 0.471. The van der Waals surface area contributed by atoms with Gasteiger partial charge >= 0.3 is 0 Å². The number of carbonyl (C=O) groups excluding carboxylic acids is 1. The molecule has 0 radical (unpaired) electrons. The van der Waals surface area contributed by atoms with Crippen LogP contribution in [0.4, 0.5) is 0 Å². The van der Waals surface area contributed by atoms with Gasteiger partial charge in [-0.1, -0.05) is 25.1 Å². The average molecular weight is 331 g/mol. The van der Waals surface area contributed by atoms with E-state index in [4.69, 9.17) is 4.52 Å². The van der Waals surface area contributed by atoms with Crippen molar-refractivity contribution in [1.29, 1.82) is 0 Å². The van der Waals surface area contributed by atoms with Crippen LogP contribution in [0.25, 0.3) is 0 Å². The Hall–Kier alpha value is -2.57. The Labute approximate surface area is 139 Å². The Morgan fingerprint density at radius 1 is 1.33 bits per heavy atom. The maximum atomic E-state index is 12.8. The number of benzene rings is 1. The largest absolute Gasteiger partial charge is 0.504 e. The van der Waals surface area contributed by atoms with Crippen LogP contribution in [-0.2, 0) is 0 Å². The zero-order chi connectivity index (χ0) is 17.4. The molecule has 1 saturated heterocycles. The zero-order valence-electron chi connectivity index (χ0n) is 14.0. The number of amides is 1. The summed E-state index contributed by atoms with van der Waals surface area (Å²) in [6.45, 7) is 6.13. The molecule has 1 aliphatic heterocycles. The minimum absolute atomic E-state index is 0.0811. The highest BCUT2D eigenvalue weighted by Gasteiger charge is 2.35. The van der Waals surface area contributed by atoms with Crippen molar-refractivity contribution in [3.63, 3.8) is 0 Å². The van der Waals surface area contributed by atoms with Crippen LogP contribution in [-0.4, -0.2) is 37.7 Å². The number of rotatable bonds is 3. The summed E-state index contributed by atoms with van der Waals surface area (Å²) < 4.78 is 5.24. The molecule has 0 unspecified atom stereocenters. The molecule has 1 aliphatic rings. The number of likely N-dealkylation sites (tertiary alicyclic amines) is 1. The van der Waals surface area contributed by atoms with Gasteiger partial charge in [0.2, 0.25) is 5.89 Å². The maximum Gasteiger partial charge on any atom is 0.258 e. The number of aryl methyl sites for hydroxylation is 1. The Morgan fingerprint density at radius 2 is 2.08 bits per heavy atom. The van der Waals surface area contributed by atoms with Crippen LogP contribution >= 0.6 is 0 Å². The van der Waals surface area contributed by atoms with Crippen LogP contribution in [0.1, 0.15) is 66.3 Å². The number of hydrogen-bond acceptors (Lipinski definition) is 6. The zero-order valence-corrected chi connectivity index (χ0v) is 14.0. The molecule has 24 heavy (non-hydrogen) atoms. The first kappa shape index (κ1) is 16.3. The normalized spacial score (nSPS) is 17.7. The molecule has 1 fully saturated rings. The molecule has 2 heterocycles. The Kier molecular flexibility index (Phi) is 4.17. The lowest BCUT2D eigenvalue weighted by Gasteiger charge is -2.23. The predicted molar refractivity (Wildman–Crippen MR) is 85.9 cm³/mol. The minimum atomic E-state index is -0.387. The first-order valence-electron chi connectivity index (χ1n) is 8.06. The van der Waals surface area contributed by atoms with Gasteiger partial charge in [0.1, 0.15) is 0 Å². The molecule has 7 heteroatoms. The SMILES string of the molecule is Cc1ccc(C(=O)N2CCC[C@@H]2c2noc(C(C)C)n2)c(O)c1O. The highest BCUT2D eigenvalue weighted by atomic mass is 16.5.